The Kier molecular flexibility index (Phi) is 5.61. The van der Waals surface area contributed by atoms with E-state index in [0.29, 0.717) is 12.0 Å². The summed E-state index contributed by atoms with van der Waals surface area (Å²) in [5, 5.41) is 7.60. The highest BCUT2D eigenvalue weighted by atomic mass is 32.1. The zero-order chi connectivity index (χ0) is 14.5. The molecule has 2 heterocycles. The number of nitrogens with one attached hydrogen (secondary N) is 1. The second-order valence-electron chi connectivity index (χ2n) is 6.15. The average Bonchev–Trinajstić information content (AvgIpc) is 2.91. The van der Waals surface area contributed by atoms with Crippen LogP contribution >= 0.6 is 11.3 Å². The van der Waals surface area contributed by atoms with Crippen LogP contribution in [0.5, 0.6) is 0 Å². The third-order valence-corrected chi connectivity index (χ3v) is 4.77. The van der Waals surface area contributed by atoms with Crippen LogP contribution in [0.25, 0.3) is 0 Å². The van der Waals surface area contributed by atoms with Crippen molar-refractivity contribution >= 4 is 17.2 Å². The highest BCUT2D eigenvalue weighted by molar-refractivity contribution is 7.07. The molecule has 1 aromatic rings. The van der Waals surface area contributed by atoms with Gasteiger partial charge in [0.15, 0.2) is 0 Å². The molecule has 0 aromatic carbocycles. The molecule has 112 valence electrons. The third kappa shape index (κ3) is 4.32. The van der Waals surface area contributed by atoms with Gasteiger partial charge in [-0.1, -0.05) is 20.8 Å². The Hall–Kier alpha value is -0.870. The smallest absolute Gasteiger partial charge is 0.222 e. The highest BCUT2D eigenvalue weighted by Crippen LogP contribution is 2.22. The molecule has 20 heavy (non-hydrogen) atoms. The van der Waals surface area contributed by atoms with Crippen LogP contribution in [0.2, 0.25) is 0 Å². The van der Waals surface area contributed by atoms with Crippen molar-refractivity contribution < 1.29 is 4.79 Å². The summed E-state index contributed by atoms with van der Waals surface area (Å²) in [6.45, 7) is 9.33. The molecule has 1 aliphatic rings. The summed E-state index contributed by atoms with van der Waals surface area (Å²) in [5.74, 6) is 0.903. The first kappa shape index (κ1) is 15.5. The Morgan fingerprint density at radius 3 is 2.90 bits per heavy atom. The summed E-state index contributed by atoms with van der Waals surface area (Å²) in [5.41, 5.74) is 1.44. The van der Waals surface area contributed by atoms with Gasteiger partial charge in [-0.05, 0) is 47.7 Å². The summed E-state index contributed by atoms with van der Waals surface area (Å²) >= 11 is 1.77. The minimum absolute atomic E-state index is 0.0716. The summed E-state index contributed by atoms with van der Waals surface area (Å²) in [4.78, 5) is 14.4. The summed E-state index contributed by atoms with van der Waals surface area (Å²) in [6, 6.07) is 2.53. The number of rotatable bonds is 5. The van der Waals surface area contributed by atoms with E-state index in [9.17, 15) is 4.79 Å². The van der Waals surface area contributed by atoms with Crippen molar-refractivity contribution in [1.82, 2.24) is 10.2 Å². The maximum atomic E-state index is 11.9. The number of piperidine rings is 1. The molecular formula is C16H26N2OS. The van der Waals surface area contributed by atoms with Gasteiger partial charge < -0.3 is 10.2 Å². The predicted molar refractivity (Wildman–Crippen MR) is 85.0 cm³/mol. The van der Waals surface area contributed by atoms with Gasteiger partial charge in [0.25, 0.3) is 0 Å². The quantitative estimate of drug-likeness (QED) is 0.905. The zero-order valence-electron chi connectivity index (χ0n) is 12.8. The van der Waals surface area contributed by atoms with Gasteiger partial charge in [0.05, 0.1) is 0 Å². The lowest BCUT2D eigenvalue weighted by molar-refractivity contribution is -0.125. The van der Waals surface area contributed by atoms with E-state index in [1.54, 1.807) is 11.3 Å². The van der Waals surface area contributed by atoms with Crippen LogP contribution in [0.15, 0.2) is 16.8 Å². The lowest BCUT2D eigenvalue weighted by Crippen LogP contribution is -2.51. The first-order valence-electron chi connectivity index (χ1n) is 7.62. The number of hydrogen-bond donors (Lipinski definition) is 1. The number of thiophene rings is 1. The van der Waals surface area contributed by atoms with Gasteiger partial charge >= 0.3 is 0 Å². The van der Waals surface area contributed by atoms with Crippen LogP contribution in [-0.4, -0.2) is 36.5 Å². The number of nitrogens with zero attached hydrogens (tertiary/aromatic N) is 1. The second kappa shape index (κ2) is 7.23. The first-order valence-corrected chi connectivity index (χ1v) is 8.56. The minimum atomic E-state index is 0.0716. The Morgan fingerprint density at radius 2 is 2.30 bits per heavy atom. The van der Waals surface area contributed by atoms with E-state index >= 15 is 0 Å². The lowest BCUT2D eigenvalue weighted by atomic mass is 9.89. The van der Waals surface area contributed by atoms with Crippen LogP contribution in [0.4, 0.5) is 0 Å². The lowest BCUT2D eigenvalue weighted by Gasteiger charge is -2.38. The van der Waals surface area contributed by atoms with Crippen molar-refractivity contribution in [3.63, 3.8) is 0 Å². The Morgan fingerprint density at radius 1 is 1.50 bits per heavy atom. The van der Waals surface area contributed by atoms with Crippen LogP contribution in [-0.2, 0) is 11.2 Å². The van der Waals surface area contributed by atoms with E-state index in [4.69, 9.17) is 0 Å². The van der Waals surface area contributed by atoms with Crippen LogP contribution in [0, 0.1) is 11.8 Å². The molecule has 1 aromatic heterocycles. The number of carbonyl (C=O) groups excluding carboxylic acids is 1. The fourth-order valence-corrected chi connectivity index (χ4v) is 3.60. The van der Waals surface area contributed by atoms with E-state index in [-0.39, 0.29) is 11.8 Å². The Balaban J connectivity index is 1.94. The maximum absolute atomic E-state index is 11.9. The molecule has 1 amide bonds. The number of carbonyl (C=O) groups is 1. The molecule has 4 heteroatoms. The SMILES string of the molecule is CCN1CC(Cc2ccsc2)CC(NC(=O)C(C)C)C1. The standard InChI is InChI=1S/C16H26N2OS/c1-4-18-9-14(7-13-5-6-20-11-13)8-15(10-18)17-16(19)12(2)3/h5-6,11-12,14-15H,4,7-10H2,1-3H3,(H,17,19). The predicted octanol–water partition coefficient (Wildman–Crippen LogP) is 2.77. The maximum Gasteiger partial charge on any atom is 0.222 e. The molecule has 1 fully saturated rings. The molecule has 1 N–H and O–H groups in total. The Bertz CT molecular complexity index is 416. The molecule has 1 saturated heterocycles. The van der Waals surface area contributed by atoms with Gasteiger partial charge in [-0.25, -0.2) is 0 Å². The van der Waals surface area contributed by atoms with E-state index in [0.717, 1.165) is 32.5 Å². The molecule has 2 rings (SSSR count). The van der Waals surface area contributed by atoms with Crippen molar-refractivity contribution in [2.24, 2.45) is 11.8 Å². The highest BCUT2D eigenvalue weighted by Gasteiger charge is 2.28. The van der Waals surface area contributed by atoms with E-state index in [1.165, 1.54) is 5.56 Å². The third-order valence-electron chi connectivity index (χ3n) is 4.04. The molecule has 0 saturated carbocycles. The molecular weight excluding hydrogens is 268 g/mol. The molecule has 0 aliphatic carbocycles. The van der Waals surface area contributed by atoms with Gasteiger partial charge in [-0.15, -0.1) is 0 Å². The largest absolute Gasteiger partial charge is 0.352 e. The minimum Gasteiger partial charge on any atom is -0.352 e. The van der Waals surface area contributed by atoms with Crippen molar-refractivity contribution in [2.45, 2.75) is 39.7 Å². The number of likely N-dealkylation sites (tertiary alicyclic amines) is 1. The molecule has 2 atom stereocenters. The molecule has 0 radical (unpaired) electrons. The number of amides is 1. The van der Waals surface area contributed by atoms with Crippen LogP contribution < -0.4 is 5.32 Å². The van der Waals surface area contributed by atoms with E-state index < -0.39 is 0 Å². The van der Waals surface area contributed by atoms with Gasteiger partial charge in [-0.2, -0.15) is 11.3 Å². The summed E-state index contributed by atoms with van der Waals surface area (Å²) < 4.78 is 0. The molecule has 1 aliphatic heterocycles. The van der Waals surface area contributed by atoms with Gasteiger partial charge in [0.1, 0.15) is 0 Å². The average molecular weight is 294 g/mol. The summed E-state index contributed by atoms with van der Waals surface area (Å²) in [6.07, 6.45) is 2.23. The normalized spacial score (nSPS) is 24.0. The zero-order valence-corrected chi connectivity index (χ0v) is 13.6. The van der Waals surface area contributed by atoms with Crippen LogP contribution in [0.3, 0.4) is 0 Å². The fourth-order valence-electron chi connectivity index (χ4n) is 2.92. The van der Waals surface area contributed by atoms with Gasteiger partial charge in [0.2, 0.25) is 5.91 Å². The van der Waals surface area contributed by atoms with E-state index in [2.05, 4.69) is 34.0 Å². The van der Waals surface area contributed by atoms with Crippen molar-refractivity contribution in [3.8, 4) is 0 Å². The van der Waals surface area contributed by atoms with E-state index in [1.807, 2.05) is 13.8 Å². The van der Waals surface area contributed by atoms with Crippen molar-refractivity contribution in [1.29, 1.82) is 0 Å². The topological polar surface area (TPSA) is 32.3 Å². The van der Waals surface area contributed by atoms with Crippen molar-refractivity contribution in [3.05, 3.63) is 22.4 Å². The molecule has 0 spiro atoms. The van der Waals surface area contributed by atoms with Crippen LogP contribution in [0.1, 0.15) is 32.8 Å². The first-order chi connectivity index (χ1) is 9.58. The van der Waals surface area contributed by atoms with Crippen molar-refractivity contribution in [2.75, 3.05) is 19.6 Å². The van der Waals surface area contributed by atoms with Gasteiger partial charge in [0, 0.05) is 25.0 Å². The Labute approximate surface area is 126 Å². The number of likely N-dealkylation sites (N-methyl/N-ethyl adjacent to an activating group) is 1. The monoisotopic (exact) mass is 294 g/mol. The number of hydrogen-bond acceptors (Lipinski definition) is 3. The van der Waals surface area contributed by atoms with Gasteiger partial charge in [-0.3, -0.25) is 4.79 Å². The second-order valence-corrected chi connectivity index (χ2v) is 6.93. The molecule has 2 unspecified atom stereocenters. The molecule has 3 nitrogen and oxygen atoms in total. The fraction of sp³-hybridized carbons (Fsp3) is 0.688. The summed E-state index contributed by atoms with van der Waals surface area (Å²) in [7, 11) is 0. The molecule has 0 bridgehead atoms.